The predicted octanol–water partition coefficient (Wildman–Crippen LogP) is 5.56. The maximum Gasteiger partial charge on any atom is 0.416 e. The number of halogens is 4. The van der Waals surface area contributed by atoms with Gasteiger partial charge in [0.1, 0.15) is 0 Å². The minimum atomic E-state index is -4.41. The quantitative estimate of drug-likeness (QED) is 0.658. The summed E-state index contributed by atoms with van der Waals surface area (Å²) in [7, 11) is 0. The molecule has 1 N–H and O–H groups in total. The molecule has 1 saturated carbocycles. The Labute approximate surface area is 186 Å². The van der Waals surface area contributed by atoms with Crippen LogP contribution < -0.4 is 4.90 Å². The zero-order valence-corrected chi connectivity index (χ0v) is 18.2. The van der Waals surface area contributed by atoms with Gasteiger partial charge in [0.15, 0.2) is 0 Å². The topological polar surface area (TPSA) is 26.7 Å². The van der Waals surface area contributed by atoms with E-state index in [2.05, 4.69) is 15.9 Å². The molecular weight excluding hydrogens is 425 g/mol. The molecule has 31 heavy (non-hydrogen) atoms. The van der Waals surface area contributed by atoms with E-state index in [0.717, 1.165) is 63.3 Å². The molecule has 0 amide bonds. The van der Waals surface area contributed by atoms with E-state index < -0.39 is 17.3 Å². The lowest BCUT2D eigenvalue weighted by Crippen LogP contribution is -2.51. The summed E-state index contributed by atoms with van der Waals surface area (Å²) in [4.78, 5) is 4.62. The van der Waals surface area contributed by atoms with Crippen molar-refractivity contribution in [3.05, 3.63) is 64.7 Å². The third kappa shape index (κ3) is 5.02. The molecular formula is C24H28ClF3N2O. The van der Waals surface area contributed by atoms with E-state index in [1.807, 2.05) is 18.2 Å². The maximum atomic E-state index is 13.2. The fourth-order valence-corrected chi connectivity index (χ4v) is 5.17. The second kappa shape index (κ2) is 9.00. The number of hydrogen-bond acceptors (Lipinski definition) is 3. The van der Waals surface area contributed by atoms with Gasteiger partial charge < -0.3 is 10.0 Å². The van der Waals surface area contributed by atoms with Crippen molar-refractivity contribution in [1.82, 2.24) is 4.90 Å². The summed E-state index contributed by atoms with van der Waals surface area (Å²) < 4.78 is 39.7. The molecule has 1 heterocycles. The molecule has 1 aliphatic heterocycles. The lowest BCUT2D eigenvalue weighted by Gasteiger charge is -2.44. The number of benzene rings is 2. The molecule has 7 heteroatoms. The summed E-state index contributed by atoms with van der Waals surface area (Å²) in [5.41, 5.74) is -0.420. The summed E-state index contributed by atoms with van der Waals surface area (Å²) in [6, 6.07) is 13.1. The Morgan fingerprint density at radius 3 is 2.45 bits per heavy atom. The van der Waals surface area contributed by atoms with Crippen LogP contribution in [-0.2, 0) is 11.8 Å². The van der Waals surface area contributed by atoms with E-state index in [1.165, 1.54) is 6.07 Å². The second-order valence-electron chi connectivity index (χ2n) is 8.71. The van der Waals surface area contributed by atoms with Gasteiger partial charge in [-0.25, -0.2) is 0 Å². The van der Waals surface area contributed by atoms with Crippen LogP contribution in [0.15, 0.2) is 48.5 Å². The van der Waals surface area contributed by atoms with Crippen molar-refractivity contribution >= 4 is 17.3 Å². The molecule has 0 bridgehead atoms. The molecule has 0 spiro atoms. The molecule has 2 unspecified atom stereocenters. The van der Waals surface area contributed by atoms with Gasteiger partial charge >= 0.3 is 6.18 Å². The summed E-state index contributed by atoms with van der Waals surface area (Å²) in [5.74, 6) is -0.0811. The van der Waals surface area contributed by atoms with Crippen LogP contribution in [0.4, 0.5) is 18.9 Å². The van der Waals surface area contributed by atoms with Crippen molar-refractivity contribution in [3.8, 4) is 0 Å². The zero-order chi connectivity index (χ0) is 22.1. The Bertz CT molecular complexity index is 898. The standard InChI is InChI=1S/C24H28ClF3N2O/c25-21-8-4-9-22(16-21)30-13-11-29(12-14-30)17-20-5-1-2-10-23(20,31)18-6-3-7-19(15-18)24(26,27)28/h3-4,6-9,15-16,20,31H,1-2,5,10-14,17H2. The number of hydrogen-bond donors (Lipinski definition) is 1. The lowest BCUT2D eigenvalue weighted by molar-refractivity contribution is -0.138. The van der Waals surface area contributed by atoms with E-state index in [4.69, 9.17) is 11.6 Å². The Morgan fingerprint density at radius 2 is 1.74 bits per heavy atom. The van der Waals surface area contributed by atoms with Crippen LogP contribution in [-0.4, -0.2) is 42.7 Å². The van der Waals surface area contributed by atoms with Gasteiger partial charge in [0, 0.05) is 49.4 Å². The van der Waals surface area contributed by atoms with E-state index in [1.54, 1.807) is 6.07 Å². The highest BCUT2D eigenvalue weighted by atomic mass is 35.5. The first-order valence-electron chi connectivity index (χ1n) is 10.9. The first-order chi connectivity index (χ1) is 14.8. The first kappa shape index (κ1) is 22.4. The second-order valence-corrected chi connectivity index (χ2v) is 9.15. The van der Waals surface area contributed by atoms with E-state index in [0.29, 0.717) is 23.6 Å². The van der Waals surface area contributed by atoms with Gasteiger partial charge in [-0.05, 0) is 48.7 Å². The molecule has 0 radical (unpaired) electrons. The van der Waals surface area contributed by atoms with Gasteiger partial charge in [-0.3, -0.25) is 4.90 Å². The van der Waals surface area contributed by atoms with Crippen molar-refractivity contribution in [2.24, 2.45) is 5.92 Å². The van der Waals surface area contributed by atoms with Gasteiger partial charge in [-0.2, -0.15) is 13.2 Å². The number of piperazine rings is 1. The summed E-state index contributed by atoms with van der Waals surface area (Å²) >= 11 is 6.12. The molecule has 2 aromatic carbocycles. The van der Waals surface area contributed by atoms with Crippen LogP contribution in [0.5, 0.6) is 0 Å². The van der Waals surface area contributed by atoms with Crippen molar-refractivity contribution in [1.29, 1.82) is 0 Å². The maximum absolute atomic E-state index is 13.2. The highest BCUT2D eigenvalue weighted by Crippen LogP contribution is 2.43. The SMILES string of the molecule is OC1(c2cccc(C(F)(F)F)c2)CCCCC1CN1CCN(c2cccc(Cl)c2)CC1. The summed E-state index contributed by atoms with van der Waals surface area (Å²) in [5, 5.41) is 12.3. The molecule has 1 aliphatic carbocycles. The van der Waals surface area contributed by atoms with Gasteiger partial charge in [-0.15, -0.1) is 0 Å². The smallest absolute Gasteiger partial charge is 0.385 e. The summed E-state index contributed by atoms with van der Waals surface area (Å²) in [6.45, 7) is 4.10. The lowest BCUT2D eigenvalue weighted by atomic mass is 9.71. The van der Waals surface area contributed by atoms with Gasteiger partial charge in [0.25, 0.3) is 0 Å². The van der Waals surface area contributed by atoms with Crippen LogP contribution in [0, 0.1) is 5.92 Å². The van der Waals surface area contributed by atoms with Crippen LogP contribution in [0.2, 0.25) is 5.02 Å². The monoisotopic (exact) mass is 452 g/mol. The van der Waals surface area contributed by atoms with Crippen molar-refractivity contribution < 1.29 is 18.3 Å². The van der Waals surface area contributed by atoms with E-state index in [9.17, 15) is 18.3 Å². The van der Waals surface area contributed by atoms with Crippen molar-refractivity contribution in [3.63, 3.8) is 0 Å². The molecule has 168 valence electrons. The summed E-state index contributed by atoms with van der Waals surface area (Å²) in [6.07, 6.45) is -1.27. The van der Waals surface area contributed by atoms with Crippen LogP contribution >= 0.6 is 11.6 Å². The van der Waals surface area contributed by atoms with E-state index >= 15 is 0 Å². The fourth-order valence-electron chi connectivity index (χ4n) is 4.99. The number of alkyl halides is 3. The minimum absolute atomic E-state index is 0.0811. The Hall–Kier alpha value is -1.76. The van der Waals surface area contributed by atoms with Crippen LogP contribution in [0.1, 0.15) is 36.8 Å². The third-order valence-electron chi connectivity index (χ3n) is 6.75. The number of aliphatic hydroxyl groups is 1. The highest BCUT2D eigenvalue weighted by Gasteiger charge is 2.42. The fraction of sp³-hybridized carbons (Fsp3) is 0.500. The molecule has 0 aromatic heterocycles. The average molecular weight is 453 g/mol. The largest absolute Gasteiger partial charge is 0.416 e. The van der Waals surface area contributed by atoms with Gasteiger partial charge in [0.2, 0.25) is 0 Å². The number of rotatable bonds is 4. The Balaban J connectivity index is 1.45. The van der Waals surface area contributed by atoms with Crippen molar-refractivity contribution in [2.45, 2.75) is 37.5 Å². The highest BCUT2D eigenvalue weighted by molar-refractivity contribution is 6.30. The first-order valence-corrected chi connectivity index (χ1v) is 11.3. The Kier molecular flexibility index (Phi) is 6.52. The predicted molar refractivity (Wildman–Crippen MR) is 117 cm³/mol. The molecule has 2 aliphatic rings. The van der Waals surface area contributed by atoms with Gasteiger partial charge in [0.05, 0.1) is 11.2 Å². The van der Waals surface area contributed by atoms with Crippen molar-refractivity contribution in [2.75, 3.05) is 37.6 Å². The van der Waals surface area contributed by atoms with Crippen LogP contribution in [0.3, 0.4) is 0 Å². The molecule has 2 aromatic rings. The van der Waals surface area contributed by atoms with Crippen LogP contribution in [0.25, 0.3) is 0 Å². The minimum Gasteiger partial charge on any atom is -0.385 e. The molecule has 1 saturated heterocycles. The molecule has 4 rings (SSSR count). The van der Waals surface area contributed by atoms with E-state index in [-0.39, 0.29) is 5.92 Å². The molecule has 2 fully saturated rings. The average Bonchev–Trinajstić information content (AvgIpc) is 2.75. The normalized spacial score (nSPS) is 25.6. The molecule has 2 atom stereocenters. The Morgan fingerprint density at radius 1 is 1.00 bits per heavy atom. The third-order valence-corrected chi connectivity index (χ3v) is 6.98. The zero-order valence-electron chi connectivity index (χ0n) is 17.4. The number of nitrogens with zero attached hydrogens (tertiary/aromatic N) is 2. The molecule has 3 nitrogen and oxygen atoms in total. The number of anilines is 1. The van der Waals surface area contributed by atoms with Gasteiger partial charge in [-0.1, -0.05) is 42.6 Å².